The van der Waals surface area contributed by atoms with Crippen molar-refractivity contribution in [1.29, 1.82) is 0 Å². The predicted molar refractivity (Wildman–Crippen MR) is 91.0 cm³/mol. The number of benzene rings is 2. The van der Waals surface area contributed by atoms with Gasteiger partial charge in [0, 0.05) is 4.88 Å². The third kappa shape index (κ3) is 3.75. The van der Waals surface area contributed by atoms with Crippen LogP contribution in [0.5, 0.6) is 0 Å². The Morgan fingerprint density at radius 3 is 2.04 bits per heavy atom. The number of hydrazine groups is 1. The summed E-state index contributed by atoms with van der Waals surface area (Å²) in [6, 6.07) is 12.0. The number of nitrogens with one attached hydrogen (secondary N) is 2. The summed E-state index contributed by atoms with van der Waals surface area (Å²) in [4.78, 5) is 24.9. The Morgan fingerprint density at radius 1 is 0.769 bits per heavy atom. The van der Waals surface area contributed by atoms with E-state index >= 15 is 0 Å². The van der Waals surface area contributed by atoms with Crippen molar-refractivity contribution in [2.75, 3.05) is 0 Å². The quantitative estimate of drug-likeness (QED) is 0.681. The van der Waals surface area contributed by atoms with E-state index in [1.165, 1.54) is 18.2 Å². The first-order valence-electron chi connectivity index (χ1n) is 7.36. The lowest BCUT2D eigenvalue weighted by Gasteiger charge is -2.07. The van der Waals surface area contributed by atoms with Crippen LogP contribution in [-0.4, -0.2) is 11.8 Å². The van der Waals surface area contributed by atoms with E-state index in [1.807, 2.05) is 5.43 Å². The highest BCUT2D eigenvalue weighted by Crippen LogP contribution is 2.28. The second kappa shape index (κ2) is 7.40. The molecule has 0 bridgehead atoms. The third-order valence-corrected chi connectivity index (χ3v) is 4.57. The molecule has 2 N–H and O–H groups in total. The Kier molecular flexibility index (Phi) is 5.04. The van der Waals surface area contributed by atoms with Gasteiger partial charge >= 0.3 is 0 Å². The van der Waals surface area contributed by atoms with Gasteiger partial charge in [-0.25, -0.2) is 13.2 Å². The second-order valence-electron chi connectivity index (χ2n) is 5.18. The average Bonchev–Trinajstić information content (AvgIpc) is 3.10. The minimum absolute atomic E-state index is 0.263. The maximum Gasteiger partial charge on any atom is 0.279 e. The second-order valence-corrected chi connectivity index (χ2v) is 6.26. The highest BCUT2D eigenvalue weighted by atomic mass is 32.1. The average molecular weight is 376 g/mol. The van der Waals surface area contributed by atoms with E-state index < -0.39 is 29.0 Å². The van der Waals surface area contributed by atoms with E-state index in [1.54, 1.807) is 18.2 Å². The summed E-state index contributed by atoms with van der Waals surface area (Å²) in [7, 11) is 0. The molecule has 2 amide bonds. The van der Waals surface area contributed by atoms with Crippen LogP contribution in [0, 0.1) is 17.5 Å². The van der Waals surface area contributed by atoms with E-state index in [0.29, 0.717) is 0 Å². The van der Waals surface area contributed by atoms with Crippen molar-refractivity contribution in [2.24, 2.45) is 0 Å². The van der Waals surface area contributed by atoms with Crippen molar-refractivity contribution in [3.63, 3.8) is 0 Å². The number of thiophene rings is 1. The zero-order chi connectivity index (χ0) is 18.7. The fourth-order valence-corrected chi connectivity index (χ4v) is 3.09. The molecule has 3 rings (SSSR count). The van der Waals surface area contributed by atoms with Crippen LogP contribution in [0.3, 0.4) is 0 Å². The molecule has 8 heteroatoms. The van der Waals surface area contributed by atoms with Crippen LogP contribution in [-0.2, 0) is 0 Å². The van der Waals surface area contributed by atoms with Gasteiger partial charge in [-0.15, -0.1) is 11.3 Å². The first-order chi connectivity index (χ1) is 12.5. The molecule has 0 fully saturated rings. The normalized spacial score (nSPS) is 10.4. The molecule has 1 aromatic heterocycles. The van der Waals surface area contributed by atoms with Crippen molar-refractivity contribution in [3.05, 3.63) is 82.5 Å². The van der Waals surface area contributed by atoms with Gasteiger partial charge in [0.25, 0.3) is 11.8 Å². The molecule has 0 spiro atoms. The van der Waals surface area contributed by atoms with Gasteiger partial charge in [-0.2, -0.15) is 0 Å². The van der Waals surface area contributed by atoms with Gasteiger partial charge in [0.05, 0.1) is 4.88 Å². The SMILES string of the molecule is O=C(NNC(=O)c1c(F)cccc1F)c1ccc(-c2ccc(F)cc2)s1. The van der Waals surface area contributed by atoms with Crippen LogP contribution < -0.4 is 10.9 Å². The summed E-state index contributed by atoms with van der Waals surface area (Å²) in [6.07, 6.45) is 0. The molecule has 0 atom stereocenters. The molecule has 0 saturated carbocycles. The Hall–Kier alpha value is -3.13. The Labute approximate surface area is 150 Å². The number of hydrogen-bond donors (Lipinski definition) is 2. The largest absolute Gasteiger partial charge is 0.279 e. The topological polar surface area (TPSA) is 58.2 Å². The van der Waals surface area contributed by atoms with E-state index in [9.17, 15) is 22.8 Å². The summed E-state index contributed by atoms with van der Waals surface area (Å²) in [5.74, 6) is -4.19. The maximum atomic E-state index is 13.5. The molecule has 1 heterocycles. The standard InChI is InChI=1S/C18H11F3N2O2S/c19-11-6-4-10(5-7-11)14-8-9-15(26-14)17(24)22-23-18(25)16-12(20)2-1-3-13(16)21/h1-9H,(H,22,24)(H,23,25). The molecule has 0 aliphatic heterocycles. The van der Waals surface area contributed by atoms with E-state index in [0.717, 1.165) is 40.0 Å². The lowest BCUT2D eigenvalue weighted by molar-refractivity contribution is 0.0843. The smallest absolute Gasteiger partial charge is 0.267 e. The Morgan fingerprint density at radius 2 is 1.38 bits per heavy atom. The number of hydrogen-bond acceptors (Lipinski definition) is 3. The molecule has 0 aliphatic carbocycles. The summed E-state index contributed by atoms with van der Waals surface area (Å²) in [5.41, 5.74) is 4.02. The molecule has 0 unspecified atom stereocenters. The molecule has 3 aromatic rings. The molecule has 26 heavy (non-hydrogen) atoms. The zero-order valence-corrected chi connectivity index (χ0v) is 13.9. The van der Waals surface area contributed by atoms with E-state index in [4.69, 9.17) is 0 Å². The lowest BCUT2D eigenvalue weighted by atomic mass is 10.2. The molecule has 0 saturated heterocycles. The fraction of sp³-hybridized carbons (Fsp3) is 0. The van der Waals surface area contributed by atoms with Crippen LogP contribution in [0.15, 0.2) is 54.6 Å². The van der Waals surface area contributed by atoms with E-state index in [2.05, 4.69) is 5.43 Å². The Bertz CT molecular complexity index is 951. The van der Waals surface area contributed by atoms with E-state index in [-0.39, 0.29) is 10.7 Å². The van der Waals surface area contributed by atoms with Crippen LogP contribution in [0.2, 0.25) is 0 Å². The number of halogens is 3. The fourth-order valence-electron chi connectivity index (χ4n) is 2.18. The minimum atomic E-state index is -1.11. The van der Waals surface area contributed by atoms with Crippen molar-refractivity contribution < 1.29 is 22.8 Å². The first-order valence-corrected chi connectivity index (χ1v) is 8.18. The Balaban J connectivity index is 1.67. The van der Waals surface area contributed by atoms with Gasteiger partial charge in [-0.1, -0.05) is 18.2 Å². The lowest BCUT2D eigenvalue weighted by Crippen LogP contribution is -2.42. The van der Waals surface area contributed by atoms with Gasteiger partial charge in [0.15, 0.2) is 0 Å². The summed E-state index contributed by atoms with van der Waals surface area (Å²) < 4.78 is 40.0. The maximum absolute atomic E-state index is 13.5. The van der Waals surface area contributed by atoms with Crippen molar-refractivity contribution in [1.82, 2.24) is 10.9 Å². The number of rotatable bonds is 3. The summed E-state index contributed by atoms with van der Waals surface area (Å²) in [5, 5.41) is 0. The minimum Gasteiger partial charge on any atom is -0.267 e. The van der Waals surface area contributed by atoms with Crippen molar-refractivity contribution in [3.8, 4) is 10.4 Å². The molecular formula is C18H11F3N2O2S. The first kappa shape index (κ1) is 17.7. The summed E-state index contributed by atoms with van der Waals surface area (Å²) >= 11 is 1.12. The van der Waals surface area contributed by atoms with Crippen LogP contribution >= 0.6 is 11.3 Å². The zero-order valence-electron chi connectivity index (χ0n) is 13.1. The molecule has 132 valence electrons. The number of amides is 2. The third-order valence-electron chi connectivity index (χ3n) is 3.44. The highest BCUT2D eigenvalue weighted by Gasteiger charge is 2.18. The van der Waals surface area contributed by atoms with Gasteiger partial charge < -0.3 is 0 Å². The van der Waals surface area contributed by atoms with Crippen LogP contribution in [0.4, 0.5) is 13.2 Å². The molecule has 0 aliphatic rings. The van der Waals surface area contributed by atoms with Gasteiger partial charge in [-0.3, -0.25) is 20.4 Å². The van der Waals surface area contributed by atoms with Gasteiger partial charge in [0.2, 0.25) is 0 Å². The highest BCUT2D eigenvalue weighted by molar-refractivity contribution is 7.17. The number of carbonyl (C=O) groups is 2. The molecular weight excluding hydrogens is 365 g/mol. The van der Waals surface area contributed by atoms with Gasteiger partial charge in [0.1, 0.15) is 23.0 Å². The van der Waals surface area contributed by atoms with Crippen molar-refractivity contribution in [2.45, 2.75) is 0 Å². The predicted octanol–water partition coefficient (Wildman–Crippen LogP) is 3.91. The van der Waals surface area contributed by atoms with Crippen LogP contribution in [0.25, 0.3) is 10.4 Å². The molecule has 4 nitrogen and oxygen atoms in total. The van der Waals surface area contributed by atoms with Gasteiger partial charge in [-0.05, 0) is 42.0 Å². The molecule has 2 aromatic carbocycles. The summed E-state index contributed by atoms with van der Waals surface area (Å²) in [6.45, 7) is 0. The molecule has 0 radical (unpaired) electrons. The van der Waals surface area contributed by atoms with Crippen LogP contribution in [0.1, 0.15) is 20.0 Å². The van der Waals surface area contributed by atoms with Crippen molar-refractivity contribution >= 4 is 23.2 Å². The monoisotopic (exact) mass is 376 g/mol. The number of carbonyl (C=O) groups excluding carboxylic acids is 2.